The maximum atomic E-state index is 8.96. The molecule has 1 heterocycles. The van der Waals surface area contributed by atoms with Crippen molar-refractivity contribution >= 4 is 33.2 Å². The van der Waals surface area contributed by atoms with E-state index in [1.54, 1.807) is 23.1 Å². The normalized spacial score (nSPS) is 10.4. The van der Waals surface area contributed by atoms with Crippen LogP contribution in [0.2, 0.25) is 0 Å². The minimum absolute atomic E-state index is 0.788. The fraction of sp³-hybridized carbons (Fsp3) is 0.182. The van der Waals surface area contributed by atoms with Crippen molar-refractivity contribution in [1.29, 1.82) is 5.26 Å². The van der Waals surface area contributed by atoms with Gasteiger partial charge in [0.05, 0.1) is 10.3 Å². The molecule has 0 aliphatic carbocycles. The molecule has 0 aliphatic heterocycles. The maximum Gasteiger partial charge on any atom is 0.101 e. The summed E-state index contributed by atoms with van der Waals surface area (Å²) in [6.45, 7) is 2.10. The summed E-state index contributed by atoms with van der Waals surface area (Å²) in [5.74, 6) is 0. The van der Waals surface area contributed by atoms with Crippen LogP contribution in [0.15, 0.2) is 22.4 Å². The average Bonchev–Trinajstić information content (AvgIpc) is 2.60. The summed E-state index contributed by atoms with van der Waals surface area (Å²) in [6.07, 6.45) is 2.07. The fourth-order valence-corrected chi connectivity index (χ4v) is 3.30. The molecule has 0 fully saturated rings. The van der Waals surface area contributed by atoms with Gasteiger partial charge in [0, 0.05) is 10.3 Å². The zero-order valence-electron chi connectivity index (χ0n) is 8.00. The third-order valence-corrected chi connectivity index (χ3v) is 4.12. The Morgan fingerprint density at radius 2 is 2.21 bits per heavy atom. The highest BCUT2D eigenvalue weighted by Gasteiger charge is 2.09. The molecule has 0 unspecified atom stereocenters. The SMILES string of the molecule is CSc1ccc(C#N)c2scc(C)c12. The van der Waals surface area contributed by atoms with Crippen LogP contribution in [-0.2, 0) is 0 Å². The van der Waals surface area contributed by atoms with E-state index in [9.17, 15) is 0 Å². The van der Waals surface area contributed by atoms with Crippen LogP contribution in [0.25, 0.3) is 10.1 Å². The number of thioether (sulfide) groups is 1. The summed E-state index contributed by atoms with van der Waals surface area (Å²) >= 11 is 3.39. The Bertz CT molecular complexity index is 520. The zero-order chi connectivity index (χ0) is 10.1. The molecular weight excluding hydrogens is 210 g/mol. The number of hydrogen-bond acceptors (Lipinski definition) is 3. The summed E-state index contributed by atoms with van der Waals surface area (Å²) in [5.41, 5.74) is 2.06. The molecule has 1 aromatic heterocycles. The van der Waals surface area contributed by atoms with Crippen molar-refractivity contribution in [2.24, 2.45) is 0 Å². The highest BCUT2D eigenvalue weighted by atomic mass is 32.2. The average molecular weight is 219 g/mol. The first-order valence-electron chi connectivity index (χ1n) is 4.23. The van der Waals surface area contributed by atoms with Crippen molar-refractivity contribution < 1.29 is 0 Å². The van der Waals surface area contributed by atoms with Gasteiger partial charge in [-0.15, -0.1) is 23.1 Å². The fourth-order valence-electron chi connectivity index (χ4n) is 1.52. The number of benzene rings is 1. The lowest BCUT2D eigenvalue weighted by atomic mass is 10.1. The minimum Gasteiger partial charge on any atom is -0.192 e. The molecule has 0 N–H and O–H groups in total. The van der Waals surface area contributed by atoms with Gasteiger partial charge in [-0.3, -0.25) is 0 Å². The predicted molar refractivity (Wildman–Crippen MR) is 63.1 cm³/mol. The molecule has 3 heteroatoms. The van der Waals surface area contributed by atoms with Gasteiger partial charge in [0.2, 0.25) is 0 Å². The maximum absolute atomic E-state index is 8.96. The Morgan fingerprint density at radius 3 is 2.86 bits per heavy atom. The van der Waals surface area contributed by atoms with E-state index < -0.39 is 0 Å². The Kier molecular flexibility index (Phi) is 2.49. The Balaban J connectivity index is 2.89. The van der Waals surface area contributed by atoms with E-state index in [-0.39, 0.29) is 0 Å². The number of fused-ring (bicyclic) bond motifs is 1. The third kappa shape index (κ3) is 1.31. The van der Waals surface area contributed by atoms with Crippen molar-refractivity contribution in [3.05, 3.63) is 28.6 Å². The quantitative estimate of drug-likeness (QED) is 0.681. The molecule has 14 heavy (non-hydrogen) atoms. The van der Waals surface area contributed by atoms with Gasteiger partial charge in [0.25, 0.3) is 0 Å². The van der Waals surface area contributed by atoms with E-state index in [2.05, 4.69) is 24.6 Å². The van der Waals surface area contributed by atoms with Crippen LogP contribution in [0.5, 0.6) is 0 Å². The van der Waals surface area contributed by atoms with Crippen molar-refractivity contribution in [2.75, 3.05) is 6.26 Å². The van der Waals surface area contributed by atoms with Gasteiger partial charge in [0.15, 0.2) is 0 Å². The van der Waals surface area contributed by atoms with E-state index in [1.165, 1.54) is 15.8 Å². The van der Waals surface area contributed by atoms with Gasteiger partial charge in [-0.25, -0.2) is 0 Å². The third-order valence-electron chi connectivity index (χ3n) is 2.21. The molecule has 0 amide bonds. The van der Waals surface area contributed by atoms with Crippen molar-refractivity contribution in [3.63, 3.8) is 0 Å². The Labute approximate surface area is 91.4 Å². The molecule has 0 radical (unpaired) electrons. The second-order valence-electron chi connectivity index (χ2n) is 3.05. The van der Waals surface area contributed by atoms with Crippen LogP contribution < -0.4 is 0 Å². The number of hydrogen-bond donors (Lipinski definition) is 0. The van der Waals surface area contributed by atoms with Crippen LogP contribution in [0.1, 0.15) is 11.1 Å². The molecule has 0 saturated carbocycles. The summed E-state index contributed by atoms with van der Waals surface area (Å²) < 4.78 is 1.12. The van der Waals surface area contributed by atoms with Gasteiger partial charge in [-0.05, 0) is 36.3 Å². The first kappa shape index (κ1) is 9.57. The molecule has 1 nitrogen and oxygen atoms in total. The lowest BCUT2D eigenvalue weighted by Gasteiger charge is -2.01. The number of thiophene rings is 1. The number of nitrogens with zero attached hydrogens (tertiary/aromatic N) is 1. The van der Waals surface area contributed by atoms with Crippen LogP contribution in [-0.4, -0.2) is 6.26 Å². The van der Waals surface area contributed by atoms with Crippen LogP contribution in [0, 0.1) is 18.3 Å². The van der Waals surface area contributed by atoms with Gasteiger partial charge in [0.1, 0.15) is 6.07 Å². The predicted octanol–water partition coefficient (Wildman–Crippen LogP) is 3.80. The largest absolute Gasteiger partial charge is 0.192 e. The molecule has 0 atom stereocenters. The lowest BCUT2D eigenvalue weighted by molar-refractivity contribution is 1.47. The van der Waals surface area contributed by atoms with E-state index in [0.29, 0.717) is 0 Å². The van der Waals surface area contributed by atoms with Crippen molar-refractivity contribution in [3.8, 4) is 6.07 Å². The first-order valence-corrected chi connectivity index (χ1v) is 6.33. The summed E-state index contributed by atoms with van der Waals surface area (Å²) in [5, 5.41) is 12.3. The molecule has 0 bridgehead atoms. The Hall–Kier alpha value is -0.980. The van der Waals surface area contributed by atoms with Crippen molar-refractivity contribution in [1.82, 2.24) is 0 Å². The number of rotatable bonds is 1. The van der Waals surface area contributed by atoms with E-state index in [1.807, 2.05) is 12.1 Å². The molecule has 2 rings (SSSR count). The first-order chi connectivity index (χ1) is 6.77. The standard InChI is InChI=1S/C11H9NS2/c1-7-6-14-11-8(5-12)3-4-9(13-2)10(7)11/h3-4,6H,1-2H3. The van der Waals surface area contributed by atoms with E-state index in [4.69, 9.17) is 5.26 Å². The highest BCUT2D eigenvalue weighted by molar-refractivity contribution is 7.98. The van der Waals surface area contributed by atoms with Gasteiger partial charge < -0.3 is 0 Å². The molecular formula is C11H9NS2. The van der Waals surface area contributed by atoms with E-state index >= 15 is 0 Å². The second-order valence-corrected chi connectivity index (χ2v) is 4.78. The molecule has 1 aromatic carbocycles. The van der Waals surface area contributed by atoms with Crippen LogP contribution in [0.3, 0.4) is 0 Å². The van der Waals surface area contributed by atoms with E-state index in [0.717, 1.165) is 10.3 Å². The smallest absolute Gasteiger partial charge is 0.101 e. The van der Waals surface area contributed by atoms with Crippen LogP contribution in [0.4, 0.5) is 0 Å². The molecule has 0 aliphatic rings. The summed E-state index contributed by atoms with van der Waals surface area (Å²) in [6, 6.07) is 6.18. The minimum atomic E-state index is 0.788. The van der Waals surface area contributed by atoms with Gasteiger partial charge >= 0.3 is 0 Å². The number of aryl methyl sites for hydroxylation is 1. The van der Waals surface area contributed by atoms with Gasteiger partial charge in [-0.2, -0.15) is 5.26 Å². The second kappa shape index (κ2) is 3.64. The van der Waals surface area contributed by atoms with Crippen molar-refractivity contribution in [2.45, 2.75) is 11.8 Å². The lowest BCUT2D eigenvalue weighted by Crippen LogP contribution is -1.79. The van der Waals surface area contributed by atoms with Gasteiger partial charge in [-0.1, -0.05) is 0 Å². The molecule has 0 spiro atoms. The molecule has 2 aromatic rings. The number of nitriles is 1. The topological polar surface area (TPSA) is 23.8 Å². The molecule has 70 valence electrons. The summed E-state index contributed by atoms with van der Waals surface area (Å²) in [7, 11) is 0. The molecule has 0 saturated heterocycles. The highest BCUT2D eigenvalue weighted by Crippen LogP contribution is 2.35. The van der Waals surface area contributed by atoms with Crippen LogP contribution >= 0.6 is 23.1 Å². The monoisotopic (exact) mass is 219 g/mol. The Morgan fingerprint density at radius 1 is 1.43 bits per heavy atom. The summed E-state index contributed by atoms with van der Waals surface area (Å²) in [4.78, 5) is 1.26. The zero-order valence-corrected chi connectivity index (χ0v) is 9.63.